The summed E-state index contributed by atoms with van der Waals surface area (Å²) in [6.45, 7) is 2.70. The van der Waals surface area contributed by atoms with Gasteiger partial charge in [0.1, 0.15) is 5.82 Å². The molecule has 0 radical (unpaired) electrons. The van der Waals surface area contributed by atoms with E-state index in [2.05, 4.69) is 0 Å². The van der Waals surface area contributed by atoms with Gasteiger partial charge in [0.25, 0.3) is 0 Å². The first-order valence-corrected chi connectivity index (χ1v) is 4.35. The first-order chi connectivity index (χ1) is 6.29. The molecule has 2 nitrogen and oxygen atoms in total. The van der Waals surface area contributed by atoms with Crippen molar-refractivity contribution in [3.63, 3.8) is 0 Å². The molecular formula is C10H14FNO. The van der Waals surface area contributed by atoms with Crippen LogP contribution in [0.3, 0.4) is 0 Å². The minimum absolute atomic E-state index is 0.258. The van der Waals surface area contributed by atoms with Gasteiger partial charge >= 0.3 is 0 Å². The number of nitrogens with two attached hydrogens (primary N) is 1. The van der Waals surface area contributed by atoms with Crippen LogP contribution in [0.25, 0.3) is 0 Å². The number of hydrogen-bond donors (Lipinski definition) is 1. The van der Waals surface area contributed by atoms with Crippen LogP contribution in [-0.4, -0.2) is 13.2 Å². The lowest BCUT2D eigenvalue weighted by molar-refractivity contribution is 0.0663. The van der Waals surface area contributed by atoms with E-state index in [0.717, 1.165) is 0 Å². The second kappa shape index (κ2) is 4.94. The summed E-state index contributed by atoms with van der Waals surface area (Å²) in [5.41, 5.74) is 6.00. The highest BCUT2D eigenvalue weighted by Crippen LogP contribution is 2.18. The number of hydrogen-bond acceptors (Lipinski definition) is 2. The molecule has 0 aliphatic carbocycles. The fourth-order valence-electron chi connectivity index (χ4n) is 1.22. The van der Waals surface area contributed by atoms with E-state index < -0.39 is 0 Å². The molecule has 0 aliphatic rings. The van der Waals surface area contributed by atoms with Crippen LogP contribution < -0.4 is 5.73 Å². The molecule has 1 rings (SSSR count). The van der Waals surface area contributed by atoms with Gasteiger partial charge < -0.3 is 10.5 Å². The summed E-state index contributed by atoms with van der Waals surface area (Å²) in [6, 6.07) is 6.54. The van der Waals surface area contributed by atoms with Crippen molar-refractivity contribution in [3.05, 3.63) is 35.6 Å². The summed E-state index contributed by atoms with van der Waals surface area (Å²) in [6.07, 6.45) is -0.328. The molecule has 13 heavy (non-hydrogen) atoms. The van der Waals surface area contributed by atoms with E-state index in [1.807, 2.05) is 6.92 Å². The average Bonchev–Trinajstić information content (AvgIpc) is 2.16. The fraction of sp³-hybridized carbons (Fsp3) is 0.400. The highest BCUT2D eigenvalue weighted by Gasteiger charge is 2.12. The van der Waals surface area contributed by atoms with E-state index in [-0.39, 0.29) is 11.9 Å². The van der Waals surface area contributed by atoms with Crippen molar-refractivity contribution in [2.24, 2.45) is 5.73 Å². The lowest BCUT2D eigenvalue weighted by Crippen LogP contribution is -2.16. The van der Waals surface area contributed by atoms with E-state index in [0.29, 0.717) is 18.7 Å². The Morgan fingerprint density at radius 2 is 2.15 bits per heavy atom. The van der Waals surface area contributed by atoms with Crippen LogP contribution in [0.15, 0.2) is 24.3 Å². The largest absolute Gasteiger partial charge is 0.372 e. The second-order valence-electron chi connectivity index (χ2n) is 2.70. The fourth-order valence-corrected chi connectivity index (χ4v) is 1.22. The van der Waals surface area contributed by atoms with Gasteiger partial charge in [-0.1, -0.05) is 18.2 Å². The van der Waals surface area contributed by atoms with Crippen LogP contribution >= 0.6 is 0 Å². The van der Waals surface area contributed by atoms with Gasteiger partial charge in [0.15, 0.2) is 0 Å². The van der Waals surface area contributed by atoms with Gasteiger partial charge in [0, 0.05) is 18.7 Å². The normalized spacial score (nSPS) is 12.8. The van der Waals surface area contributed by atoms with Crippen LogP contribution in [0.1, 0.15) is 18.6 Å². The Labute approximate surface area is 77.5 Å². The Balaban J connectivity index is 2.84. The van der Waals surface area contributed by atoms with E-state index in [4.69, 9.17) is 10.5 Å². The third-order valence-electron chi connectivity index (χ3n) is 1.83. The molecule has 0 aliphatic heterocycles. The van der Waals surface area contributed by atoms with Crippen molar-refractivity contribution in [3.8, 4) is 0 Å². The molecule has 0 saturated carbocycles. The second-order valence-corrected chi connectivity index (χ2v) is 2.70. The summed E-state index contributed by atoms with van der Waals surface area (Å²) in [5, 5.41) is 0. The van der Waals surface area contributed by atoms with E-state index in [1.165, 1.54) is 6.07 Å². The number of benzene rings is 1. The molecule has 1 unspecified atom stereocenters. The summed E-state index contributed by atoms with van der Waals surface area (Å²) in [7, 11) is 0. The third kappa shape index (κ3) is 2.50. The lowest BCUT2D eigenvalue weighted by Gasteiger charge is -2.15. The SMILES string of the molecule is CCOC(CN)c1ccccc1F. The van der Waals surface area contributed by atoms with Crippen LogP contribution in [-0.2, 0) is 4.74 Å². The Hall–Kier alpha value is -0.930. The molecule has 0 bridgehead atoms. The maximum Gasteiger partial charge on any atom is 0.129 e. The van der Waals surface area contributed by atoms with Crippen LogP contribution in [0.2, 0.25) is 0 Å². The Bertz CT molecular complexity index is 265. The van der Waals surface area contributed by atoms with Gasteiger partial charge in [-0.05, 0) is 13.0 Å². The quantitative estimate of drug-likeness (QED) is 0.773. The van der Waals surface area contributed by atoms with Gasteiger partial charge in [0.2, 0.25) is 0 Å². The van der Waals surface area contributed by atoms with Crippen molar-refractivity contribution in [2.45, 2.75) is 13.0 Å². The predicted molar refractivity (Wildman–Crippen MR) is 49.8 cm³/mol. The van der Waals surface area contributed by atoms with Gasteiger partial charge in [-0.15, -0.1) is 0 Å². The molecule has 0 amide bonds. The summed E-state index contributed by atoms with van der Waals surface area (Å²) >= 11 is 0. The first kappa shape index (κ1) is 10.2. The van der Waals surface area contributed by atoms with Crippen LogP contribution in [0.4, 0.5) is 4.39 Å². The topological polar surface area (TPSA) is 35.2 Å². The highest BCUT2D eigenvalue weighted by atomic mass is 19.1. The molecule has 0 heterocycles. The Morgan fingerprint density at radius 3 is 2.69 bits per heavy atom. The van der Waals surface area contributed by atoms with Crippen molar-refractivity contribution >= 4 is 0 Å². The molecule has 0 saturated heterocycles. The smallest absolute Gasteiger partial charge is 0.129 e. The zero-order chi connectivity index (χ0) is 9.68. The van der Waals surface area contributed by atoms with Gasteiger partial charge in [-0.25, -0.2) is 4.39 Å². The molecule has 3 heteroatoms. The average molecular weight is 183 g/mol. The molecule has 0 fully saturated rings. The zero-order valence-electron chi connectivity index (χ0n) is 7.66. The summed E-state index contributed by atoms with van der Waals surface area (Å²) < 4.78 is 18.5. The molecule has 2 N–H and O–H groups in total. The minimum atomic E-state index is -0.328. The zero-order valence-corrected chi connectivity index (χ0v) is 7.66. The van der Waals surface area contributed by atoms with Gasteiger partial charge in [-0.3, -0.25) is 0 Å². The molecule has 0 spiro atoms. The molecule has 0 aromatic heterocycles. The third-order valence-corrected chi connectivity index (χ3v) is 1.83. The standard InChI is InChI=1S/C10H14FNO/c1-2-13-10(7-12)8-5-3-4-6-9(8)11/h3-6,10H,2,7,12H2,1H3. The van der Waals surface area contributed by atoms with Crippen LogP contribution in [0, 0.1) is 5.82 Å². The molecular weight excluding hydrogens is 169 g/mol. The number of rotatable bonds is 4. The first-order valence-electron chi connectivity index (χ1n) is 4.35. The Kier molecular flexibility index (Phi) is 3.86. The van der Waals surface area contributed by atoms with Crippen molar-refractivity contribution in [1.82, 2.24) is 0 Å². The maximum atomic E-state index is 13.2. The highest BCUT2D eigenvalue weighted by molar-refractivity contribution is 5.20. The summed E-state index contributed by atoms with van der Waals surface area (Å²) in [4.78, 5) is 0. The monoisotopic (exact) mass is 183 g/mol. The number of halogens is 1. The summed E-state index contributed by atoms with van der Waals surface area (Å²) in [5.74, 6) is -0.258. The molecule has 1 aromatic carbocycles. The molecule has 72 valence electrons. The Morgan fingerprint density at radius 1 is 1.46 bits per heavy atom. The van der Waals surface area contributed by atoms with Crippen molar-refractivity contribution < 1.29 is 9.13 Å². The van der Waals surface area contributed by atoms with Crippen LogP contribution in [0.5, 0.6) is 0 Å². The van der Waals surface area contributed by atoms with E-state index in [9.17, 15) is 4.39 Å². The maximum absolute atomic E-state index is 13.2. The predicted octanol–water partition coefficient (Wildman–Crippen LogP) is 1.86. The van der Waals surface area contributed by atoms with Gasteiger partial charge in [-0.2, -0.15) is 0 Å². The lowest BCUT2D eigenvalue weighted by atomic mass is 10.1. The molecule has 1 atom stereocenters. The van der Waals surface area contributed by atoms with E-state index >= 15 is 0 Å². The van der Waals surface area contributed by atoms with E-state index in [1.54, 1.807) is 18.2 Å². The number of ether oxygens (including phenoxy) is 1. The minimum Gasteiger partial charge on any atom is -0.372 e. The van der Waals surface area contributed by atoms with Gasteiger partial charge in [0.05, 0.1) is 6.10 Å². The van der Waals surface area contributed by atoms with Crippen molar-refractivity contribution in [1.29, 1.82) is 0 Å². The molecule has 1 aromatic rings. The van der Waals surface area contributed by atoms with Crippen molar-refractivity contribution in [2.75, 3.05) is 13.2 Å².